The zero-order valence-corrected chi connectivity index (χ0v) is 10.1. The van der Waals surface area contributed by atoms with Crippen molar-refractivity contribution in [3.05, 3.63) is 17.7 Å². The molecule has 1 saturated heterocycles. The van der Waals surface area contributed by atoms with Crippen LogP contribution in [0.25, 0.3) is 0 Å². The molecule has 94 valence electrons. The molecule has 1 unspecified atom stereocenters. The van der Waals surface area contributed by atoms with E-state index in [0.717, 1.165) is 24.6 Å². The summed E-state index contributed by atoms with van der Waals surface area (Å²) < 4.78 is 0. The number of likely N-dealkylation sites (N-methyl/N-ethyl adjacent to an activating group) is 1. The van der Waals surface area contributed by atoms with Gasteiger partial charge in [-0.05, 0) is 26.4 Å². The predicted molar refractivity (Wildman–Crippen MR) is 64.0 cm³/mol. The minimum absolute atomic E-state index is 0.136. The molecule has 0 spiro atoms. The van der Waals surface area contributed by atoms with Crippen LogP contribution in [-0.2, 0) is 11.2 Å². The smallest absolute Gasteiger partial charge is 0.303 e. The Kier molecular flexibility index (Phi) is 3.78. The van der Waals surface area contributed by atoms with Crippen LogP contribution in [0.1, 0.15) is 36.7 Å². The van der Waals surface area contributed by atoms with Gasteiger partial charge in [-0.1, -0.05) is 0 Å². The number of aliphatic carboxylic acids is 1. The molecule has 0 aromatic carbocycles. The van der Waals surface area contributed by atoms with E-state index in [-0.39, 0.29) is 6.42 Å². The van der Waals surface area contributed by atoms with E-state index in [1.54, 1.807) is 0 Å². The predicted octanol–water partition coefficient (Wildman–Crippen LogP) is 1.24. The van der Waals surface area contributed by atoms with Crippen molar-refractivity contribution in [3.63, 3.8) is 0 Å². The van der Waals surface area contributed by atoms with Gasteiger partial charge >= 0.3 is 5.97 Å². The second-order valence-corrected chi connectivity index (χ2v) is 4.78. The summed E-state index contributed by atoms with van der Waals surface area (Å²) >= 11 is 0. The van der Waals surface area contributed by atoms with Crippen molar-refractivity contribution in [1.82, 2.24) is 14.9 Å². The maximum atomic E-state index is 10.5. The molecule has 17 heavy (non-hydrogen) atoms. The number of piperidine rings is 1. The molecular weight excluding hydrogens is 218 g/mol. The summed E-state index contributed by atoms with van der Waals surface area (Å²) in [4.78, 5) is 20.3. The van der Waals surface area contributed by atoms with Gasteiger partial charge in [-0.2, -0.15) is 0 Å². The summed E-state index contributed by atoms with van der Waals surface area (Å²) in [7, 11) is 2.13. The first-order chi connectivity index (χ1) is 8.15. The molecule has 5 heteroatoms. The number of likely N-dealkylation sites (tertiary alicyclic amines) is 1. The second-order valence-electron chi connectivity index (χ2n) is 4.78. The number of aryl methyl sites for hydroxylation is 1. The molecule has 1 atom stereocenters. The molecular formula is C12H19N3O2. The molecule has 1 aliphatic rings. The average molecular weight is 237 g/mol. The van der Waals surface area contributed by atoms with E-state index in [4.69, 9.17) is 5.11 Å². The quantitative estimate of drug-likeness (QED) is 0.826. The first-order valence-electron chi connectivity index (χ1n) is 6.09. The highest BCUT2D eigenvalue weighted by molar-refractivity contribution is 5.66. The maximum absolute atomic E-state index is 10.5. The fraction of sp³-hybridized carbons (Fsp3) is 0.667. The van der Waals surface area contributed by atoms with Crippen molar-refractivity contribution >= 4 is 5.97 Å². The SMILES string of the molecule is CN1CCCC(c2cnc(CCC(=O)O)[nH]2)C1. The Morgan fingerprint density at radius 2 is 2.53 bits per heavy atom. The number of carboxylic acids is 1. The first kappa shape index (κ1) is 12.1. The van der Waals surface area contributed by atoms with Crippen LogP contribution in [0.5, 0.6) is 0 Å². The summed E-state index contributed by atoms with van der Waals surface area (Å²) in [6.45, 7) is 2.22. The van der Waals surface area contributed by atoms with E-state index in [1.165, 1.54) is 12.8 Å². The van der Waals surface area contributed by atoms with Crippen LogP contribution in [0.2, 0.25) is 0 Å². The van der Waals surface area contributed by atoms with E-state index < -0.39 is 5.97 Å². The van der Waals surface area contributed by atoms with Crippen molar-refractivity contribution in [2.45, 2.75) is 31.6 Å². The van der Waals surface area contributed by atoms with Gasteiger partial charge in [0.15, 0.2) is 0 Å². The number of H-pyrrole nitrogens is 1. The number of aromatic nitrogens is 2. The number of nitrogens with one attached hydrogen (secondary N) is 1. The highest BCUT2D eigenvalue weighted by atomic mass is 16.4. The maximum Gasteiger partial charge on any atom is 0.303 e. The fourth-order valence-corrected chi connectivity index (χ4v) is 2.36. The first-order valence-corrected chi connectivity index (χ1v) is 6.09. The minimum atomic E-state index is -0.777. The van der Waals surface area contributed by atoms with Crippen LogP contribution in [0.3, 0.4) is 0 Å². The molecule has 0 radical (unpaired) electrons. The Hall–Kier alpha value is -1.36. The summed E-state index contributed by atoms with van der Waals surface area (Å²) in [5.74, 6) is 0.524. The van der Waals surface area contributed by atoms with E-state index in [2.05, 4.69) is 21.9 Å². The molecule has 1 fully saturated rings. The number of carboxylic acid groups (broad SMARTS) is 1. The van der Waals surface area contributed by atoms with Crippen molar-refractivity contribution in [2.75, 3.05) is 20.1 Å². The summed E-state index contributed by atoms with van der Waals surface area (Å²) in [6.07, 6.45) is 4.88. The number of rotatable bonds is 4. The lowest BCUT2D eigenvalue weighted by molar-refractivity contribution is -0.137. The Balaban J connectivity index is 1.95. The van der Waals surface area contributed by atoms with Crippen LogP contribution in [-0.4, -0.2) is 46.1 Å². The number of nitrogens with zero attached hydrogens (tertiary/aromatic N) is 2. The number of hydrogen-bond donors (Lipinski definition) is 2. The molecule has 0 saturated carbocycles. The Morgan fingerprint density at radius 1 is 1.71 bits per heavy atom. The van der Waals surface area contributed by atoms with Gasteiger partial charge in [0, 0.05) is 30.8 Å². The van der Waals surface area contributed by atoms with Gasteiger partial charge in [0.05, 0.1) is 6.42 Å². The van der Waals surface area contributed by atoms with Crippen molar-refractivity contribution in [1.29, 1.82) is 0 Å². The fourth-order valence-electron chi connectivity index (χ4n) is 2.36. The van der Waals surface area contributed by atoms with Gasteiger partial charge in [0.25, 0.3) is 0 Å². The van der Waals surface area contributed by atoms with Gasteiger partial charge in [0.1, 0.15) is 5.82 Å². The van der Waals surface area contributed by atoms with Gasteiger partial charge < -0.3 is 15.0 Å². The van der Waals surface area contributed by atoms with E-state index >= 15 is 0 Å². The van der Waals surface area contributed by atoms with Crippen molar-refractivity contribution < 1.29 is 9.90 Å². The summed E-state index contributed by atoms with van der Waals surface area (Å²) in [6, 6.07) is 0. The average Bonchev–Trinajstić information content (AvgIpc) is 2.75. The van der Waals surface area contributed by atoms with Crippen LogP contribution in [0.4, 0.5) is 0 Å². The Labute approximate surface area is 101 Å². The van der Waals surface area contributed by atoms with Gasteiger partial charge in [0.2, 0.25) is 0 Å². The molecule has 2 rings (SSSR count). The van der Waals surface area contributed by atoms with Crippen molar-refractivity contribution in [3.8, 4) is 0 Å². The van der Waals surface area contributed by atoms with Gasteiger partial charge in [-0.15, -0.1) is 0 Å². The largest absolute Gasteiger partial charge is 0.481 e. The Morgan fingerprint density at radius 3 is 3.24 bits per heavy atom. The number of carbonyl (C=O) groups is 1. The van der Waals surface area contributed by atoms with Crippen LogP contribution < -0.4 is 0 Å². The highest BCUT2D eigenvalue weighted by Crippen LogP contribution is 2.24. The van der Waals surface area contributed by atoms with Crippen LogP contribution in [0, 0.1) is 0 Å². The summed E-state index contributed by atoms with van der Waals surface area (Å²) in [5.41, 5.74) is 1.15. The van der Waals surface area contributed by atoms with E-state index in [9.17, 15) is 4.79 Å². The zero-order valence-electron chi connectivity index (χ0n) is 10.1. The number of imidazole rings is 1. The molecule has 0 aliphatic carbocycles. The highest BCUT2D eigenvalue weighted by Gasteiger charge is 2.20. The summed E-state index contributed by atoms with van der Waals surface area (Å²) in [5, 5.41) is 8.62. The Bertz CT molecular complexity index is 389. The minimum Gasteiger partial charge on any atom is -0.481 e. The molecule has 1 aromatic heterocycles. The topological polar surface area (TPSA) is 69.2 Å². The molecule has 2 heterocycles. The second kappa shape index (κ2) is 5.31. The lowest BCUT2D eigenvalue weighted by atomic mass is 9.96. The molecule has 2 N–H and O–H groups in total. The van der Waals surface area contributed by atoms with E-state index in [1.807, 2.05) is 6.20 Å². The standard InChI is InChI=1S/C12H19N3O2/c1-15-6-2-3-9(8-15)10-7-13-11(14-10)4-5-12(16)17/h7,9H,2-6,8H2,1H3,(H,13,14)(H,16,17). The van der Waals surface area contributed by atoms with E-state index in [0.29, 0.717) is 12.3 Å². The lowest BCUT2D eigenvalue weighted by Crippen LogP contribution is -2.30. The normalized spacial score (nSPS) is 21.6. The monoisotopic (exact) mass is 237 g/mol. The van der Waals surface area contributed by atoms with Crippen LogP contribution >= 0.6 is 0 Å². The molecule has 1 aliphatic heterocycles. The lowest BCUT2D eigenvalue weighted by Gasteiger charge is -2.28. The van der Waals surface area contributed by atoms with Crippen LogP contribution in [0.15, 0.2) is 6.20 Å². The molecule has 1 aromatic rings. The number of aromatic amines is 1. The molecule has 5 nitrogen and oxygen atoms in total. The van der Waals surface area contributed by atoms with Gasteiger partial charge in [-0.25, -0.2) is 4.98 Å². The third-order valence-corrected chi connectivity index (χ3v) is 3.29. The van der Waals surface area contributed by atoms with Crippen molar-refractivity contribution in [2.24, 2.45) is 0 Å². The molecule has 0 amide bonds. The number of hydrogen-bond acceptors (Lipinski definition) is 3. The zero-order chi connectivity index (χ0) is 12.3. The third kappa shape index (κ3) is 3.30. The third-order valence-electron chi connectivity index (χ3n) is 3.29. The van der Waals surface area contributed by atoms with Gasteiger partial charge in [-0.3, -0.25) is 4.79 Å². The molecule has 0 bridgehead atoms.